The van der Waals surface area contributed by atoms with Gasteiger partial charge in [-0.25, -0.2) is 4.79 Å². The first kappa shape index (κ1) is 23.5. The molecule has 2 N–H and O–H groups in total. The largest absolute Gasteiger partial charge is 0.457 e. The normalized spacial score (nSPS) is 15.5. The van der Waals surface area contributed by atoms with Gasteiger partial charge in [0.2, 0.25) is 5.60 Å². The fourth-order valence-electron chi connectivity index (χ4n) is 3.74. The van der Waals surface area contributed by atoms with Crippen LogP contribution in [0, 0.1) is 0 Å². The Kier molecular flexibility index (Phi) is 5.90. The number of anilines is 1. The third kappa shape index (κ3) is 4.25. The molecule has 170 valence electrons. The molecule has 1 aliphatic rings. The predicted octanol–water partition coefficient (Wildman–Crippen LogP) is 4.16. The van der Waals surface area contributed by atoms with E-state index >= 15 is 0 Å². The zero-order valence-corrected chi connectivity index (χ0v) is 17.7. The third-order valence-corrected chi connectivity index (χ3v) is 5.55. The van der Waals surface area contributed by atoms with Gasteiger partial charge in [0.15, 0.2) is 5.78 Å². The van der Waals surface area contributed by atoms with Gasteiger partial charge in [-0.2, -0.15) is 13.2 Å². The Hall–Kier alpha value is -3.20. The molecule has 0 bridgehead atoms. The van der Waals surface area contributed by atoms with Crippen molar-refractivity contribution in [2.45, 2.75) is 51.0 Å². The Morgan fingerprint density at radius 3 is 2.31 bits per heavy atom. The lowest BCUT2D eigenvalue weighted by atomic mass is 9.74. The van der Waals surface area contributed by atoms with E-state index in [2.05, 4.69) is 5.32 Å². The van der Waals surface area contributed by atoms with Crippen LogP contribution in [-0.4, -0.2) is 34.5 Å². The maximum Gasteiger partial charge on any atom is 0.426 e. The Bertz CT molecular complexity index is 1080. The molecule has 2 aromatic carbocycles. The summed E-state index contributed by atoms with van der Waals surface area (Å²) in [6.45, 7) is 3.99. The van der Waals surface area contributed by atoms with Crippen LogP contribution >= 0.6 is 0 Å². The van der Waals surface area contributed by atoms with Gasteiger partial charge in [-0.05, 0) is 30.0 Å². The van der Waals surface area contributed by atoms with Crippen LogP contribution in [0.5, 0.6) is 0 Å². The number of ether oxygens (including phenoxy) is 1. The number of Topliss-reactive ketones (excluding diaryl/α,β-unsaturated/α-hetero) is 1. The van der Waals surface area contributed by atoms with Crippen molar-refractivity contribution in [1.82, 2.24) is 0 Å². The van der Waals surface area contributed by atoms with E-state index in [1.54, 1.807) is 30.3 Å². The van der Waals surface area contributed by atoms with Crippen molar-refractivity contribution >= 4 is 23.3 Å². The van der Waals surface area contributed by atoms with E-state index in [9.17, 15) is 32.7 Å². The molecule has 0 fully saturated rings. The summed E-state index contributed by atoms with van der Waals surface area (Å²) >= 11 is 0. The number of nitrogens with one attached hydrogen (secondary N) is 1. The van der Waals surface area contributed by atoms with Crippen LogP contribution < -0.4 is 5.32 Å². The summed E-state index contributed by atoms with van der Waals surface area (Å²) in [6, 6.07) is 10.6. The molecular weight excluding hydrogens is 427 g/mol. The number of rotatable bonds is 6. The Labute approximate surface area is 182 Å². The fraction of sp³-hybridized carbons (Fsp3) is 0.348. The van der Waals surface area contributed by atoms with Crippen molar-refractivity contribution in [2.24, 2.45) is 0 Å². The first-order valence-corrected chi connectivity index (χ1v) is 9.77. The highest BCUT2D eigenvalue weighted by molar-refractivity contribution is 6.08. The number of hydrogen-bond acceptors (Lipinski definition) is 5. The van der Waals surface area contributed by atoms with Gasteiger partial charge in [-0.3, -0.25) is 9.59 Å². The predicted molar refractivity (Wildman–Crippen MR) is 109 cm³/mol. The number of carbonyl (C=O) groups excluding carboxylic acids is 3. The second kappa shape index (κ2) is 8.05. The highest BCUT2D eigenvalue weighted by atomic mass is 19.4. The first-order chi connectivity index (χ1) is 14.8. The molecule has 6 nitrogen and oxygen atoms in total. The van der Waals surface area contributed by atoms with Crippen LogP contribution in [0.15, 0.2) is 42.5 Å². The number of aliphatic hydroxyl groups is 1. The molecule has 0 saturated carbocycles. The smallest absolute Gasteiger partial charge is 0.426 e. The quantitative estimate of drug-likeness (QED) is 0.510. The first-order valence-electron chi connectivity index (χ1n) is 9.77. The minimum atomic E-state index is -5.30. The van der Waals surface area contributed by atoms with Crippen LogP contribution in [-0.2, 0) is 21.6 Å². The second-order valence-corrected chi connectivity index (χ2v) is 8.43. The third-order valence-electron chi connectivity index (χ3n) is 5.55. The summed E-state index contributed by atoms with van der Waals surface area (Å²) in [5.74, 6) is -2.97. The molecule has 1 atom stereocenters. The molecular formula is C23H22F3NO5. The standard InChI is InChI=1S/C23H22F3NO5/c1-13(28)16-10-17-14(11-32-19(17)29)9-18(16)27-20(30)22(31,23(24,25)26)12-21(2,3)15-7-5-4-6-8-15/h4-10,31H,11-12H2,1-3H3,(H,27,30). The maximum atomic E-state index is 14.0. The van der Waals surface area contributed by atoms with E-state index in [0.29, 0.717) is 11.1 Å². The van der Waals surface area contributed by atoms with E-state index in [-0.39, 0.29) is 23.4 Å². The summed E-state index contributed by atoms with van der Waals surface area (Å²) in [6.07, 6.45) is -6.25. The number of amides is 1. The monoisotopic (exact) mass is 449 g/mol. The number of fused-ring (bicyclic) bond motifs is 1. The zero-order chi connectivity index (χ0) is 23.9. The number of benzene rings is 2. The van der Waals surface area contributed by atoms with Crippen LogP contribution in [0.3, 0.4) is 0 Å². The van der Waals surface area contributed by atoms with Crippen LogP contribution in [0.25, 0.3) is 0 Å². The van der Waals surface area contributed by atoms with E-state index in [4.69, 9.17) is 4.74 Å². The van der Waals surface area contributed by atoms with Gasteiger partial charge < -0.3 is 15.2 Å². The zero-order valence-electron chi connectivity index (χ0n) is 17.7. The molecule has 0 saturated heterocycles. The number of ketones is 1. The number of alkyl halides is 3. The SMILES string of the molecule is CC(=O)c1cc2c(cc1NC(=O)C(O)(CC(C)(C)c1ccccc1)C(F)(F)F)COC2=O. The van der Waals surface area contributed by atoms with Crippen molar-refractivity contribution in [1.29, 1.82) is 0 Å². The molecule has 0 aliphatic carbocycles. The van der Waals surface area contributed by atoms with E-state index in [1.165, 1.54) is 26.0 Å². The highest BCUT2D eigenvalue weighted by Crippen LogP contribution is 2.42. The number of cyclic esters (lactones) is 1. The Balaban J connectivity index is 1.99. The van der Waals surface area contributed by atoms with Gasteiger partial charge in [0.25, 0.3) is 5.91 Å². The molecule has 0 aromatic heterocycles. The molecule has 1 amide bonds. The Morgan fingerprint density at radius 2 is 1.75 bits per heavy atom. The molecule has 0 spiro atoms. The summed E-state index contributed by atoms with van der Waals surface area (Å²) in [5, 5.41) is 12.7. The minimum Gasteiger partial charge on any atom is -0.457 e. The molecule has 0 radical (unpaired) electrons. The van der Waals surface area contributed by atoms with Crippen molar-refractivity contribution in [2.75, 3.05) is 5.32 Å². The molecule has 1 heterocycles. The molecule has 1 aliphatic heterocycles. The van der Waals surface area contributed by atoms with E-state index in [1.807, 2.05) is 0 Å². The lowest BCUT2D eigenvalue weighted by Crippen LogP contribution is -2.57. The lowest BCUT2D eigenvalue weighted by Gasteiger charge is -2.36. The minimum absolute atomic E-state index is 0.101. The van der Waals surface area contributed by atoms with Crippen LogP contribution in [0.2, 0.25) is 0 Å². The molecule has 32 heavy (non-hydrogen) atoms. The van der Waals surface area contributed by atoms with E-state index in [0.717, 1.165) is 6.92 Å². The van der Waals surface area contributed by atoms with Crippen molar-refractivity contribution < 1.29 is 37.4 Å². The summed E-state index contributed by atoms with van der Waals surface area (Å²) in [7, 11) is 0. The molecule has 1 unspecified atom stereocenters. The van der Waals surface area contributed by atoms with Crippen molar-refractivity contribution in [3.63, 3.8) is 0 Å². The lowest BCUT2D eigenvalue weighted by molar-refractivity contribution is -0.254. The van der Waals surface area contributed by atoms with Gasteiger partial charge in [-0.1, -0.05) is 44.2 Å². The highest BCUT2D eigenvalue weighted by Gasteiger charge is 2.61. The topological polar surface area (TPSA) is 92.7 Å². The average molecular weight is 449 g/mol. The van der Waals surface area contributed by atoms with Gasteiger partial charge in [0, 0.05) is 17.5 Å². The fourth-order valence-corrected chi connectivity index (χ4v) is 3.74. The summed E-state index contributed by atoms with van der Waals surface area (Å²) in [4.78, 5) is 36.6. The van der Waals surface area contributed by atoms with Gasteiger partial charge in [0.05, 0.1) is 11.3 Å². The molecule has 2 aromatic rings. The van der Waals surface area contributed by atoms with Gasteiger partial charge in [0.1, 0.15) is 6.61 Å². The van der Waals surface area contributed by atoms with Gasteiger partial charge >= 0.3 is 12.1 Å². The van der Waals surface area contributed by atoms with Crippen LogP contribution in [0.4, 0.5) is 18.9 Å². The van der Waals surface area contributed by atoms with E-state index < -0.39 is 41.3 Å². The van der Waals surface area contributed by atoms with Crippen molar-refractivity contribution in [3.8, 4) is 0 Å². The van der Waals surface area contributed by atoms with Crippen molar-refractivity contribution in [3.05, 3.63) is 64.7 Å². The summed E-state index contributed by atoms with van der Waals surface area (Å²) in [5.41, 5.74) is -4.44. The molecule has 3 rings (SSSR count). The Morgan fingerprint density at radius 1 is 1.12 bits per heavy atom. The number of esters is 1. The number of halogens is 3. The maximum absolute atomic E-state index is 14.0. The second-order valence-electron chi connectivity index (χ2n) is 8.43. The van der Waals surface area contributed by atoms with Crippen LogP contribution in [0.1, 0.15) is 59.0 Å². The number of carbonyl (C=O) groups is 3. The summed E-state index contributed by atoms with van der Waals surface area (Å²) < 4.78 is 46.8. The average Bonchev–Trinajstić information content (AvgIpc) is 3.06. The molecule has 9 heteroatoms. The number of hydrogen-bond donors (Lipinski definition) is 2. The van der Waals surface area contributed by atoms with Gasteiger partial charge in [-0.15, -0.1) is 0 Å².